The van der Waals surface area contributed by atoms with E-state index in [0.29, 0.717) is 4.47 Å². The third kappa shape index (κ3) is 2.67. The lowest BCUT2D eigenvalue weighted by Crippen LogP contribution is -2.06. The summed E-state index contributed by atoms with van der Waals surface area (Å²) < 4.78 is 21.2. The van der Waals surface area contributed by atoms with Gasteiger partial charge in [-0.05, 0) is 12.1 Å². The summed E-state index contributed by atoms with van der Waals surface area (Å²) in [7, 11) is 0. The third-order valence-corrected chi connectivity index (χ3v) is 1.46. The van der Waals surface area contributed by atoms with Crippen molar-refractivity contribution in [3.63, 3.8) is 0 Å². The molecule has 0 atom stereocenters. The zero-order valence-electron chi connectivity index (χ0n) is 8.47. The van der Waals surface area contributed by atoms with Crippen LogP contribution in [-0.4, -0.2) is 10.9 Å². The number of pyridine rings is 1. The summed E-state index contributed by atoms with van der Waals surface area (Å²) in [5.41, 5.74) is 0. The summed E-state index contributed by atoms with van der Waals surface area (Å²) in [5.74, 6) is -0.830. The normalized spacial score (nSPS) is 14.5. The monoisotopic (exact) mass is 217 g/mol. The number of rotatable bonds is 1. The molecule has 1 N–H and O–H groups in total. The smallest absolute Gasteiger partial charge is 0.222 e. The standard InChI is InChI=1S/C7H7BrN2O/c1-5(11)10-7-4-6(8)2-3-9-7/h2-4H,1H3,(H,9,10,11)/i1D3. The molecule has 1 amide bonds. The van der Waals surface area contributed by atoms with E-state index in [1.165, 1.54) is 12.3 Å². The Kier molecular flexibility index (Phi) is 1.54. The molecule has 0 radical (unpaired) electrons. The lowest BCUT2D eigenvalue weighted by molar-refractivity contribution is -0.114. The van der Waals surface area contributed by atoms with Gasteiger partial charge in [-0.25, -0.2) is 4.98 Å². The lowest BCUT2D eigenvalue weighted by Gasteiger charge is -1.99. The van der Waals surface area contributed by atoms with E-state index in [-0.39, 0.29) is 5.82 Å². The number of hydrogen-bond donors (Lipinski definition) is 1. The maximum atomic E-state index is 11.0. The van der Waals surface area contributed by atoms with Gasteiger partial charge in [-0.1, -0.05) is 15.9 Å². The number of nitrogens with zero attached hydrogens (tertiary/aromatic N) is 1. The Balaban J connectivity index is 2.75. The van der Waals surface area contributed by atoms with Crippen molar-refractivity contribution in [1.29, 1.82) is 0 Å². The topological polar surface area (TPSA) is 42.0 Å². The molecule has 0 aliphatic heterocycles. The molecule has 3 nitrogen and oxygen atoms in total. The van der Waals surface area contributed by atoms with Crippen LogP contribution in [0.3, 0.4) is 0 Å². The highest BCUT2D eigenvalue weighted by atomic mass is 79.9. The minimum Gasteiger partial charge on any atom is -0.311 e. The summed E-state index contributed by atoms with van der Waals surface area (Å²) in [6.07, 6.45) is 1.46. The number of nitrogens with one attached hydrogen (secondary N) is 1. The Hall–Kier alpha value is -0.900. The summed E-state index contributed by atoms with van der Waals surface area (Å²) >= 11 is 3.17. The second kappa shape index (κ2) is 3.48. The van der Waals surface area contributed by atoms with E-state index < -0.39 is 12.8 Å². The molecular formula is C7H7BrN2O. The first-order valence-electron chi connectivity index (χ1n) is 4.32. The lowest BCUT2D eigenvalue weighted by atomic mass is 10.4. The average Bonchev–Trinajstić information content (AvgIpc) is 2.02. The molecule has 1 heterocycles. The number of carbonyl (C=O) groups excluding carboxylic acids is 1. The fourth-order valence-corrected chi connectivity index (χ4v) is 0.924. The van der Waals surface area contributed by atoms with Gasteiger partial charge in [0.15, 0.2) is 0 Å². The second-order valence-corrected chi connectivity index (χ2v) is 2.73. The van der Waals surface area contributed by atoms with E-state index in [9.17, 15) is 4.79 Å². The van der Waals surface area contributed by atoms with Gasteiger partial charge in [-0.3, -0.25) is 4.79 Å². The predicted octanol–water partition coefficient (Wildman–Crippen LogP) is 1.80. The number of hydrogen-bond acceptors (Lipinski definition) is 2. The zero-order valence-corrected chi connectivity index (χ0v) is 7.05. The van der Waals surface area contributed by atoms with Crippen LogP contribution < -0.4 is 5.32 Å². The van der Waals surface area contributed by atoms with E-state index >= 15 is 0 Å². The summed E-state index contributed by atoms with van der Waals surface area (Å²) in [4.78, 5) is 14.8. The Bertz CT molecular complexity index is 353. The van der Waals surface area contributed by atoms with E-state index in [1.54, 1.807) is 6.07 Å². The van der Waals surface area contributed by atoms with Crippen LogP contribution in [0.25, 0.3) is 0 Å². The second-order valence-electron chi connectivity index (χ2n) is 1.81. The van der Waals surface area contributed by atoms with E-state index in [4.69, 9.17) is 4.11 Å². The first-order valence-corrected chi connectivity index (χ1v) is 3.62. The van der Waals surface area contributed by atoms with Gasteiger partial charge in [0.1, 0.15) is 5.82 Å². The molecule has 0 bridgehead atoms. The molecule has 0 fully saturated rings. The number of aromatic nitrogens is 1. The van der Waals surface area contributed by atoms with Crippen LogP contribution in [0.5, 0.6) is 0 Å². The van der Waals surface area contributed by atoms with Gasteiger partial charge in [0.05, 0.1) is 0 Å². The fourth-order valence-electron chi connectivity index (χ4n) is 0.589. The number of halogens is 1. The third-order valence-electron chi connectivity index (χ3n) is 0.964. The van der Waals surface area contributed by atoms with Crippen LogP contribution in [0.2, 0.25) is 0 Å². The minimum atomic E-state index is -2.65. The van der Waals surface area contributed by atoms with Crippen LogP contribution in [0.4, 0.5) is 5.82 Å². The maximum absolute atomic E-state index is 11.0. The SMILES string of the molecule is [2H]C([2H])([2H])C(=O)Nc1cc(Br)ccn1. The molecule has 0 unspecified atom stereocenters. The highest BCUT2D eigenvalue weighted by Crippen LogP contribution is 2.12. The van der Waals surface area contributed by atoms with Crippen molar-refractivity contribution >= 4 is 27.7 Å². The van der Waals surface area contributed by atoms with E-state index in [1.807, 2.05) is 0 Å². The molecule has 0 saturated heterocycles. The Morgan fingerprint density at radius 2 is 2.73 bits per heavy atom. The van der Waals surface area contributed by atoms with Gasteiger partial charge in [0.25, 0.3) is 0 Å². The van der Waals surface area contributed by atoms with Gasteiger partial charge >= 0.3 is 0 Å². The molecule has 58 valence electrons. The van der Waals surface area contributed by atoms with Gasteiger partial charge in [-0.15, -0.1) is 0 Å². The van der Waals surface area contributed by atoms with Crippen molar-refractivity contribution in [3.05, 3.63) is 22.8 Å². The average molecular weight is 218 g/mol. The van der Waals surface area contributed by atoms with Gasteiger partial charge in [0.2, 0.25) is 5.91 Å². The molecule has 4 heteroatoms. The van der Waals surface area contributed by atoms with Crippen molar-refractivity contribution in [2.45, 2.75) is 6.85 Å². The molecule has 0 aliphatic rings. The van der Waals surface area contributed by atoms with Gasteiger partial charge < -0.3 is 5.32 Å². The number of anilines is 1. The van der Waals surface area contributed by atoms with Crippen LogP contribution >= 0.6 is 15.9 Å². The molecule has 11 heavy (non-hydrogen) atoms. The van der Waals surface area contributed by atoms with Gasteiger partial charge in [-0.2, -0.15) is 0 Å². The summed E-state index contributed by atoms with van der Waals surface area (Å²) in [6.45, 7) is -2.65. The molecule has 1 aromatic rings. The number of amides is 1. The van der Waals surface area contributed by atoms with E-state index in [0.717, 1.165) is 0 Å². The van der Waals surface area contributed by atoms with Crippen molar-refractivity contribution in [2.75, 3.05) is 5.32 Å². The molecular weight excluding hydrogens is 208 g/mol. The van der Waals surface area contributed by atoms with Crippen molar-refractivity contribution in [2.24, 2.45) is 0 Å². The molecule has 0 aliphatic carbocycles. The largest absolute Gasteiger partial charge is 0.311 e. The van der Waals surface area contributed by atoms with Gasteiger partial charge in [0, 0.05) is 21.6 Å². The number of carbonyl (C=O) groups is 1. The maximum Gasteiger partial charge on any atom is 0.222 e. The first kappa shape index (κ1) is 4.87. The Labute approximate surface area is 77.2 Å². The van der Waals surface area contributed by atoms with Crippen LogP contribution in [0.1, 0.15) is 11.0 Å². The van der Waals surface area contributed by atoms with Crippen molar-refractivity contribution in [1.82, 2.24) is 4.98 Å². The Morgan fingerprint density at radius 1 is 1.91 bits per heavy atom. The Morgan fingerprint density at radius 3 is 3.36 bits per heavy atom. The summed E-state index contributed by atoms with van der Waals surface area (Å²) in [6, 6.07) is 3.19. The predicted molar refractivity (Wildman–Crippen MR) is 46.2 cm³/mol. The highest BCUT2D eigenvalue weighted by Gasteiger charge is 1.95. The zero-order chi connectivity index (χ0) is 10.8. The molecule has 1 rings (SSSR count). The minimum absolute atomic E-state index is 0.209. The quantitative estimate of drug-likeness (QED) is 0.780. The van der Waals surface area contributed by atoms with Crippen molar-refractivity contribution < 1.29 is 8.91 Å². The van der Waals surface area contributed by atoms with Crippen molar-refractivity contribution in [3.8, 4) is 0 Å². The molecule has 1 aromatic heterocycles. The first-order chi connectivity index (χ1) is 6.39. The van der Waals surface area contributed by atoms with E-state index in [2.05, 4.69) is 26.2 Å². The van der Waals surface area contributed by atoms with Crippen LogP contribution in [-0.2, 0) is 4.79 Å². The highest BCUT2D eigenvalue weighted by molar-refractivity contribution is 9.10. The molecule has 0 aromatic carbocycles. The fraction of sp³-hybridized carbons (Fsp3) is 0.143. The summed E-state index contributed by atoms with van der Waals surface area (Å²) in [5, 5.41) is 2.18. The molecule has 0 spiro atoms. The van der Waals surface area contributed by atoms with Crippen LogP contribution in [0, 0.1) is 0 Å². The van der Waals surface area contributed by atoms with Crippen LogP contribution in [0.15, 0.2) is 22.8 Å². The molecule has 0 saturated carbocycles.